The van der Waals surface area contributed by atoms with Gasteiger partial charge in [0.05, 0.1) is 0 Å². The maximum atomic E-state index is 5.67. The van der Waals surface area contributed by atoms with Crippen molar-refractivity contribution in [2.24, 2.45) is 11.7 Å². The van der Waals surface area contributed by atoms with Crippen molar-refractivity contribution in [3.05, 3.63) is 36.0 Å². The molecular formula is C14H18N2S. The average molecular weight is 246 g/mol. The molecule has 1 unspecified atom stereocenters. The maximum Gasteiger partial charge on any atom is 0.104 e. The van der Waals surface area contributed by atoms with Gasteiger partial charge in [-0.05, 0) is 23.4 Å². The minimum atomic E-state index is 0.461. The van der Waals surface area contributed by atoms with Gasteiger partial charge in [-0.1, -0.05) is 44.6 Å². The van der Waals surface area contributed by atoms with Gasteiger partial charge in [0.1, 0.15) is 4.99 Å². The molecule has 0 radical (unpaired) electrons. The van der Waals surface area contributed by atoms with E-state index >= 15 is 0 Å². The molecule has 1 aromatic heterocycles. The fraction of sp³-hybridized carbons (Fsp3) is 0.357. The predicted molar refractivity (Wildman–Crippen MR) is 77.3 cm³/mol. The monoisotopic (exact) mass is 246 g/mol. The van der Waals surface area contributed by atoms with E-state index in [0.29, 0.717) is 10.9 Å². The zero-order valence-corrected chi connectivity index (χ0v) is 11.1. The molecule has 0 aliphatic carbocycles. The topological polar surface area (TPSA) is 30.9 Å². The third-order valence-electron chi connectivity index (χ3n) is 3.26. The molecule has 17 heavy (non-hydrogen) atoms. The Balaban J connectivity index is 2.43. The van der Waals surface area contributed by atoms with Gasteiger partial charge in [0.25, 0.3) is 0 Å². The van der Waals surface area contributed by atoms with Crippen molar-refractivity contribution in [1.29, 1.82) is 0 Å². The summed E-state index contributed by atoms with van der Waals surface area (Å²) in [5.74, 6) is 0.680. The number of benzene rings is 1. The summed E-state index contributed by atoms with van der Waals surface area (Å²) in [5.41, 5.74) is 7.83. The summed E-state index contributed by atoms with van der Waals surface area (Å²) in [6.07, 6.45) is 3.33. The van der Waals surface area contributed by atoms with Crippen molar-refractivity contribution in [1.82, 2.24) is 4.57 Å². The van der Waals surface area contributed by atoms with Crippen LogP contribution in [0.5, 0.6) is 0 Å². The van der Waals surface area contributed by atoms with E-state index in [-0.39, 0.29) is 0 Å². The summed E-state index contributed by atoms with van der Waals surface area (Å²) in [5, 5.41) is 1.24. The van der Waals surface area contributed by atoms with Crippen LogP contribution in [0.2, 0.25) is 0 Å². The highest BCUT2D eigenvalue weighted by molar-refractivity contribution is 7.80. The lowest BCUT2D eigenvalue weighted by molar-refractivity contribution is 0.477. The zero-order valence-electron chi connectivity index (χ0n) is 10.3. The van der Waals surface area contributed by atoms with Crippen LogP contribution in [0.4, 0.5) is 0 Å². The Labute approximate surface area is 107 Å². The number of rotatable bonds is 4. The smallest absolute Gasteiger partial charge is 0.104 e. The first kappa shape index (κ1) is 12.1. The third-order valence-corrected chi connectivity index (χ3v) is 3.50. The van der Waals surface area contributed by atoms with Crippen LogP contribution in [-0.4, -0.2) is 9.56 Å². The summed E-state index contributed by atoms with van der Waals surface area (Å²) >= 11 is 5.02. The molecule has 0 saturated heterocycles. The molecule has 0 aliphatic heterocycles. The summed E-state index contributed by atoms with van der Waals surface area (Å²) in [7, 11) is 0. The quantitative estimate of drug-likeness (QED) is 0.839. The van der Waals surface area contributed by atoms with Gasteiger partial charge in [-0.2, -0.15) is 0 Å². The van der Waals surface area contributed by atoms with E-state index in [4.69, 9.17) is 18.0 Å². The van der Waals surface area contributed by atoms with Crippen LogP contribution in [0.15, 0.2) is 30.5 Å². The second kappa shape index (κ2) is 4.88. The molecule has 2 N–H and O–H groups in total. The van der Waals surface area contributed by atoms with Gasteiger partial charge in [0.2, 0.25) is 0 Å². The molecule has 2 aromatic rings. The number of nitrogens with two attached hydrogens (primary N) is 1. The first-order chi connectivity index (χ1) is 8.11. The van der Waals surface area contributed by atoms with E-state index in [9.17, 15) is 0 Å². The van der Waals surface area contributed by atoms with Crippen molar-refractivity contribution < 1.29 is 0 Å². The van der Waals surface area contributed by atoms with E-state index in [1.807, 2.05) is 6.07 Å². The van der Waals surface area contributed by atoms with Crippen molar-refractivity contribution in [3.8, 4) is 0 Å². The van der Waals surface area contributed by atoms with E-state index in [0.717, 1.165) is 12.1 Å². The summed E-state index contributed by atoms with van der Waals surface area (Å²) in [6, 6.07) is 8.29. The summed E-state index contributed by atoms with van der Waals surface area (Å²) < 4.78 is 2.28. The van der Waals surface area contributed by atoms with Gasteiger partial charge in [-0.3, -0.25) is 0 Å². The Kier molecular flexibility index (Phi) is 3.48. The van der Waals surface area contributed by atoms with Crippen molar-refractivity contribution in [3.63, 3.8) is 0 Å². The van der Waals surface area contributed by atoms with Gasteiger partial charge >= 0.3 is 0 Å². The standard InChI is InChI=1S/C14H18N2S/c1-3-10(2)9-16-7-6-11-4-5-12(14(15)17)8-13(11)16/h4-8,10H,3,9H2,1-2H3,(H2,15,17). The fourth-order valence-electron chi connectivity index (χ4n) is 1.96. The highest BCUT2D eigenvalue weighted by Crippen LogP contribution is 2.19. The molecule has 3 heteroatoms. The van der Waals surface area contributed by atoms with E-state index < -0.39 is 0 Å². The number of hydrogen-bond acceptors (Lipinski definition) is 1. The van der Waals surface area contributed by atoms with Crippen LogP contribution < -0.4 is 5.73 Å². The Bertz CT molecular complexity index is 542. The molecule has 2 rings (SSSR count). The minimum absolute atomic E-state index is 0.461. The first-order valence-electron chi connectivity index (χ1n) is 6.00. The third kappa shape index (κ3) is 2.50. The lowest BCUT2D eigenvalue weighted by atomic mass is 10.1. The van der Waals surface area contributed by atoms with E-state index in [2.05, 4.69) is 42.8 Å². The largest absolute Gasteiger partial charge is 0.389 e. The molecule has 1 atom stereocenters. The number of hydrogen-bond donors (Lipinski definition) is 1. The second-order valence-corrected chi connectivity index (χ2v) is 5.06. The maximum absolute atomic E-state index is 5.67. The molecule has 1 heterocycles. The molecular weight excluding hydrogens is 228 g/mol. The highest BCUT2D eigenvalue weighted by atomic mass is 32.1. The summed E-state index contributed by atoms with van der Waals surface area (Å²) in [6.45, 7) is 5.53. The van der Waals surface area contributed by atoms with E-state index in [1.165, 1.54) is 17.3 Å². The molecule has 0 aliphatic rings. The van der Waals surface area contributed by atoms with Gasteiger partial charge in [0, 0.05) is 23.8 Å². The van der Waals surface area contributed by atoms with Gasteiger partial charge in [-0.25, -0.2) is 0 Å². The van der Waals surface area contributed by atoms with Crippen LogP contribution in [0.25, 0.3) is 10.9 Å². The van der Waals surface area contributed by atoms with E-state index in [1.54, 1.807) is 0 Å². The first-order valence-corrected chi connectivity index (χ1v) is 6.41. The number of thiocarbonyl (C=S) groups is 1. The Hall–Kier alpha value is -1.35. The molecule has 0 spiro atoms. The molecule has 1 aromatic carbocycles. The summed E-state index contributed by atoms with van der Waals surface area (Å²) in [4.78, 5) is 0.461. The van der Waals surface area contributed by atoms with Crippen molar-refractivity contribution in [2.75, 3.05) is 0 Å². The minimum Gasteiger partial charge on any atom is -0.389 e. The lowest BCUT2D eigenvalue weighted by Crippen LogP contribution is -2.10. The van der Waals surface area contributed by atoms with Gasteiger partial charge in [0.15, 0.2) is 0 Å². The fourth-order valence-corrected chi connectivity index (χ4v) is 2.09. The Morgan fingerprint density at radius 3 is 2.82 bits per heavy atom. The van der Waals surface area contributed by atoms with Gasteiger partial charge in [-0.15, -0.1) is 0 Å². The van der Waals surface area contributed by atoms with Crippen LogP contribution in [-0.2, 0) is 6.54 Å². The van der Waals surface area contributed by atoms with Crippen molar-refractivity contribution >= 4 is 28.1 Å². The average Bonchev–Trinajstić information content (AvgIpc) is 2.71. The van der Waals surface area contributed by atoms with Crippen molar-refractivity contribution in [2.45, 2.75) is 26.8 Å². The molecule has 0 bridgehead atoms. The number of aromatic nitrogens is 1. The van der Waals surface area contributed by atoms with Crippen LogP contribution >= 0.6 is 12.2 Å². The number of nitrogens with zero attached hydrogens (tertiary/aromatic N) is 1. The van der Waals surface area contributed by atoms with Crippen LogP contribution in [0.3, 0.4) is 0 Å². The zero-order chi connectivity index (χ0) is 12.4. The Morgan fingerprint density at radius 1 is 1.41 bits per heavy atom. The van der Waals surface area contributed by atoms with Crippen LogP contribution in [0, 0.1) is 5.92 Å². The molecule has 2 nitrogen and oxygen atoms in total. The normalized spacial score (nSPS) is 12.8. The SMILES string of the molecule is CCC(C)Cn1ccc2ccc(C(N)=S)cc21. The molecule has 0 amide bonds. The molecule has 0 fully saturated rings. The second-order valence-electron chi connectivity index (χ2n) is 4.62. The predicted octanol–water partition coefficient (Wildman–Crippen LogP) is 3.32. The number of fused-ring (bicyclic) bond motifs is 1. The molecule has 90 valence electrons. The van der Waals surface area contributed by atoms with Gasteiger partial charge < -0.3 is 10.3 Å². The molecule has 0 saturated carbocycles. The van der Waals surface area contributed by atoms with Crippen LogP contribution in [0.1, 0.15) is 25.8 Å². The lowest BCUT2D eigenvalue weighted by Gasteiger charge is -2.11. The highest BCUT2D eigenvalue weighted by Gasteiger charge is 2.06. The Morgan fingerprint density at radius 2 is 2.18 bits per heavy atom.